The SMILES string of the molecule is Cn1c(-c2cc3ccccc3o2)nnc1N1CCCN(C2CCCC2)CC1. The predicted octanol–water partition coefficient (Wildman–Crippen LogP) is 3.68. The molecule has 2 aromatic heterocycles. The van der Waals surface area contributed by atoms with Gasteiger partial charge in [-0.15, -0.1) is 10.2 Å². The first-order valence-corrected chi connectivity index (χ1v) is 10.2. The highest BCUT2D eigenvalue weighted by molar-refractivity contribution is 5.81. The first kappa shape index (κ1) is 16.8. The number of benzene rings is 1. The monoisotopic (exact) mass is 365 g/mol. The molecule has 1 saturated heterocycles. The van der Waals surface area contributed by atoms with E-state index in [1.807, 2.05) is 31.3 Å². The summed E-state index contributed by atoms with van der Waals surface area (Å²) in [7, 11) is 2.04. The number of aromatic nitrogens is 3. The van der Waals surface area contributed by atoms with Crippen LogP contribution in [0.3, 0.4) is 0 Å². The number of anilines is 1. The molecule has 27 heavy (non-hydrogen) atoms. The van der Waals surface area contributed by atoms with E-state index in [1.54, 1.807) is 0 Å². The molecule has 142 valence electrons. The number of para-hydroxylation sites is 1. The van der Waals surface area contributed by atoms with Crippen molar-refractivity contribution >= 4 is 16.9 Å². The van der Waals surface area contributed by atoms with Crippen molar-refractivity contribution in [3.63, 3.8) is 0 Å². The van der Waals surface area contributed by atoms with E-state index >= 15 is 0 Å². The molecule has 1 aliphatic heterocycles. The smallest absolute Gasteiger partial charge is 0.227 e. The maximum Gasteiger partial charge on any atom is 0.227 e. The quantitative estimate of drug-likeness (QED) is 0.709. The summed E-state index contributed by atoms with van der Waals surface area (Å²) in [6.07, 6.45) is 6.73. The Morgan fingerprint density at radius 2 is 1.81 bits per heavy atom. The van der Waals surface area contributed by atoms with Gasteiger partial charge in [0.2, 0.25) is 11.8 Å². The second-order valence-electron chi connectivity index (χ2n) is 7.85. The number of furan rings is 1. The molecular formula is C21H27N5O. The van der Waals surface area contributed by atoms with Gasteiger partial charge in [0.05, 0.1) is 0 Å². The van der Waals surface area contributed by atoms with Crippen molar-refractivity contribution in [2.75, 3.05) is 31.1 Å². The van der Waals surface area contributed by atoms with Crippen molar-refractivity contribution < 1.29 is 4.42 Å². The van der Waals surface area contributed by atoms with E-state index in [2.05, 4.69) is 30.6 Å². The highest BCUT2D eigenvalue weighted by atomic mass is 16.3. The van der Waals surface area contributed by atoms with Gasteiger partial charge in [0.15, 0.2) is 5.76 Å². The Labute approximate surface area is 159 Å². The Hall–Kier alpha value is -2.34. The second-order valence-corrected chi connectivity index (χ2v) is 7.85. The molecule has 0 amide bonds. The molecule has 6 heteroatoms. The zero-order valence-electron chi connectivity index (χ0n) is 16.0. The Bertz CT molecular complexity index is 891. The Morgan fingerprint density at radius 3 is 2.67 bits per heavy atom. The van der Waals surface area contributed by atoms with Gasteiger partial charge in [-0.25, -0.2) is 0 Å². The van der Waals surface area contributed by atoms with Crippen LogP contribution < -0.4 is 4.90 Å². The number of rotatable bonds is 3. The fraction of sp³-hybridized carbons (Fsp3) is 0.524. The summed E-state index contributed by atoms with van der Waals surface area (Å²) in [6, 6.07) is 10.9. The van der Waals surface area contributed by atoms with Crippen LogP contribution in [0.5, 0.6) is 0 Å². The molecule has 0 atom stereocenters. The number of fused-ring (bicyclic) bond motifs is 1. The molecule has 3 aromatic rings. The number of nitrogens with zero attached hydrogens (tertiary/aromatic N) is 5. The maximum absolute atomic E-state index is 5.99. The zero-order chi connectivity index (χ0) is 18.2. The molecule has 3 heterocycles. The van der Waals surface area contributed by atoms with Gasteiger partial charge >= 0.3 is 0 Å². The van der Waals surface area contributed by atoms with Gasteiger partial charge < -0.3 is 9.32 Å². The zero-order valence-corrected chi connectivity index (χ0v) is 16.0. The lowest BCUT2D eigenvalue weighted by molar-refractivity contribution is 0.213. The van der Waals surface area contributed by atoms with Crippen molar-refractivity contribution in [2.45, 2.75) is 38.1 Å². The van der Waals surface area contributed by atoms with Gasteiger partial charge in [0.25, 0.3) is 0 Å². The Balaban J connectivity index is 1.36. The average molecular weight is 365 g/mol. The van der Waals surface area contributed by atoms with E-state index in [9.17, 15) is 0 Å². The van der Waals surface area contributed by atoms with Crippen LogP contribution >= 0.6 is 0 Å². The van der Waals surface area contributed by atoms with Crippen LogP contribution in [0.25, 0.3) is 22.6 Å². The van der Waals surface area contributed by atoms with Crippen molar-refractivity contribution in [1.29, 1.82) is 0 Å². The summed E-state index contributed by atoms with van der Waals surface area (Å²) in [5, 5.41) is 10.1. The third-order valence-corrected chi connectivity index (χ3v) is 6.15. The molecule has 0 bridgehead atoms. The standard InChI is InChI=1S/C21H27N5O/c1-24-20(19-15-16-7-2-5-10-18(16)27-19)22-23-21(24)26-12-6-11-25(13-14-26)17-8-3-4-9-17/h2,5,7,10,15,17H,3-4,6,8-9,11-14H2,1H3. The van der Waals surface area contributed by atoms with E-state index in [1.165, 1.54) is 38.6 Å². The molecule has 5 rings (SSSR count). The minimum atomic E-state index is 0.778. The van der Waals surface area contributed by atoms with E-state index in [0.29, 0.717) is 0 Å². The highest BCUT2D eigenvalue weighted by Gasteiger charge is 2.26. The van der Waals surface area contributed by atoms with Gasteiger partial charge in [0.1, 0.15) is 5.58 Å². The summed E-state index contributed by atoms with van der Waals surface area (Å²) in [5.74, 6) is 2.51. The number of hydrogen-bond acceptors (Lipinski definition) is 5. The Kier molecular flexibility index (Phi) is 4.36. The molecule has 1 saturated carbocycles. The topological polar surface area (TPSA) is 50.3 Å². The summed E-state index contributed by atoms with van der Waals surface area (Å²) in [6.45, 7) is 4.38. The van der Waals surface area contributed by atoms with Gasteiger partial charge in [0, 0.05) is 44.7 Å². The van der Waals surface area contributed by atoms with Gasteiger partial charge in [-0.3, -0.25) is 9.47 Å². The largest absolute Gasteiger partial charge is 0.453 e. The first-order chi connectivity index (χ1) is 13.3. The van der Waals surface area contributed by atoms with Crippen molar-refractivity contribution in [3.05, 3.63) is 30.3 Å². The van der Waals surface area contributed by atoms with Gasteiger partial charge in [-0.1, -0.05) is 31.0 Å². The molecule has 0 N–H and O–H groups in total. The lowest BCUT2D eigenvalue weighted by Gasteiger charge is -2.27. The van der Waals surface area contributed by atoms with E-state index in [-0.39, 0.29) is 0 Å². The van der Waals surface area contributed by atoms with Crippen LogP contribution in [-0.4, -0.2) is 51.9 Å². The van der Waals surface area contributed by atoms with Gasteiger partial charge in [-0.05, 0) is 31.4 Å². The summed E-state index contributed by atoms with van der Waals surface area (Å²) in [5.41, 5.74) is 0.888. The first-order valence-electron chi connectivity index (χ1n) is 10.2. The average Bonchev–Trinajstić information content (AvgIpc) is 3.39. The lowest BCUT2D eigenvalue weighted by atomic mass is 10.2. The number of hydrogen-bond donors (Lipinski definition) is 0. The third-order valence-electron chi connectivity index (χ3n) is 6.15. The van der Waals surface area contributed by atoms with Crippen LogP contribution in [0.2, 0.25) is 0 Å². The molecule has 2 fully saturated rings. The maximum atomic E-state index is 5.99. The molecule has 0 spiro atoms. The fourth-order valence-corrected chi connectivity index (χ4v) is 4.67. The molecule has 1 aromatic carbocycles. The van der Waals surface area contributed by atoms with E-state index in [0.717, 1.165) is 54.2 Å². The van der Waals surface area contributed by atoms with Crippen LogP contribution in [0.4, 0.5) is 5.95 Å². The fourth-order valence-electron chi connectivity index (χ4n) is 4.67. The summed E-state index contributed by atoms with van der Waals surface area (Å²) < 4.78 is 8.07. The van der Waals surface area contributed by atoms with Crippen LogP contribution in [0.15, 0.2) is 34.7 Å². The predicted molar refractivity (Wildman–Crippen MR) is 107 cm³/mol. The van der Waals surface area contributed by atoms with Crippen molar-refractivity contribution in [1.82, 2.24) is 19.7 Å². The summed E-state index contributed by atoms with van der Waals surface area (Å²) >= 11 is 0. The molecule has 0 radical (unpaired) electrons. The van der Waals surface area contributed by atoms with Crippen LogP contribution in [-0.2, 0) is 7.05 Å². The molecular weight excluding hydrogens is 338 g/mol. The van der Waals surface area contributed by atoms with Crippen molar-refractivity contribution in [3.8, 4) is 11.6 Å². The normalized spacial score (nSPS) is 19.8. The third kappa shape index (κ3) is 3.12. The molecule has 2 aliphatic rings. The van der Waals surface area contributed by atoms with Crippen molar-refractivity contribution in [2.24, 2.45) is 7.05 Å². The Morgan fingerprint density at radius 1 is 0.963 bits per heavy atom. The highest BCUT2D eigenvalue weighted by Crippen LogP contribution is 2.29. The van der Waals surface area contributed by atoms with Gasteiger partial charge in [-0.2, -0.15) is 0 Å². The minimum Gasteiger partial charge on any atom is -0.453 e. The van der Waals surface area contributed by atoms with Crippen LogP contribution in [0.1, 0.15) is 32.1 Å². The van der Waals surface area contributed by atoms with Crippen LogP contribution in [0, 0.1) is 0 Å². The second kappa shape index (κ2) is 7.00. The molecule has 6 nitrogen and oxygen atoms in total. The van der Waals surface area contributed by atoms with E-state index < -0.39 is 0 Å². The van der Waals surface area contributed by atoms with E-state index in [4.69, 9.17) is 4.42 Å². The lowest BCUT2D eigenvalue weighted by Crippen LogP contribution is -2.37. The molecule has 0 unspecified atom stereocenters. The molecule has 1 aliphatic carbocycles. The summed E-state index contributed by atoms with van der Waals surface area (Å²) in [4.78, 5) is 5.08. The minimum absolute atomic E-state index is 0.778.